The molecule has 96 valence electrons. The van der Waals surface area contributed by atoms with Crippen molar-refractivity contribution in [1.29, 1.82) is 0 Å². The number of benzene rings is 1. The summed E-state index contributed by atoms with van der Waals surface area (Å²) in [6.07, 6.45) is -2.49. The van der Waals surface area contributed by atoms with Gasteiger partial charge >= 0.3 is 0 Å². The zero-order valence-corrected chi connectivity index (χ0v) is 9.94. The van der Waals surface area contributed by atoms with Crippen molar-refractivity contribution in [2.45, 2.75) is 38.3 Å². The third-order valence-corrected chi connectivity index (χ3v) is 2.68. The van der Waals surface area contributed by atoms with Gasteiger partial charge in [0.25, 0.3) is 6.43 Å². The maximum absolute atomic E-state index is 12.0. The Kier molecular flexibility index (Phi) is 6.08. The number of nitrogens with one attached hydrogen (secondary N) is 1. The van der Waals surface area contributed by atoms with Gasteiger partial charge in [0, 0.05) is 12.6 Å². The Morgan fingerprint density at radius 2 is 1.88 bits per heavy atom. The van der Waals surface area contributed by atoms with Crippen molar-refractivity contribution in [3.63, 3.8) is 0 Å². The van der Waals surface area contributed by atoms with E-state index in [1.807, 2.05) is 37.3 Å². The Balaban J connectivity index is 2.19. The number of aryl methyl sites for hydroxylation is 1. The second-order valence-corrected chi connectivity index (χ2v) is 4.24. The van der Waals surface area contributed by atoms with E-state index in [1.54, 1.807) is 0 Å². The molecule has 0 aliphatic rings. The molecule has 0 amide bonds. The lowest BCUT2D eigenvalue weighted by atomic mass is 10.1. The minimum absolute atomic E-state index is 0.0619. The molecule has 1 rings (SSSR count). The minimum atomic E-state index is -2.68. The molecule has 2 N–H and O–H groups in total. The van der Waals surface area contributed by atoms with Crippen LogP contribution in [0.15, 0.2) is 30.3 Å². The molecule has 0 radical (unpaired) electrons. The normalized spacial score (nSPS) is 14.9. The zero-order chi connectivity index (χ0) is 12.7. The largest absolute Gasteiger partial charge is 0.386 e. The fourth-order valence-corrected chi connectivity index (χ4v) is 1.54. The fourth-order valence-electron chi connectivity index (χ4n) is 1.54. The van der Waals surface area contributed by atoms with E-state index < -0.39 is 12.5 Å². The van der Waals surface area contributed by atoms with Gasteiger partial charge in [0.2, 0.25) is 0 Å². The summed E-state index contributed by atoms with van der Waals surface area (Å²) in [7, 11) is 0. The molecule has 0 heterocycles. The van der Waals surface area contributed by atoms with Crippen molar-refractivity contribution in [3.05, 3.63) is 35.9 Å². The molecule has 2 nitrogen and oxygen atoms in total. The van der Waals surface area contributed by atoms with E-state index in [9.17, 15) is 8.78 Å². The SMILES string of the molecule is CC(CCc1ccccc1)NCC(O)C(F)F. The van der Waals surface area contributed by atoms with E-state index in [0.29, 0.717) is 0 Å². The van der Waals surface area contributed by atoms with Gasteiger partial charge in [-0.25, -0.2) is 8.78 Å². The zero-order valence-electron chi connectivity index (χ0n) is 9.94. The highest BCUT2D eigenvalue weighted by molar-refractivity contribution is 5.14. The van der Waals surface area contributed by atoms with Gasteiger partial charge in [-0.3, -0.25) is 0 Å². The maximum atomic E-state index is 12.0. The lowest BCUT2D eigenvalue weighted by Crippen LogP contribution is -2.37. The van der Waals surface area contributed by atoms with Gasteiger partial charge in [-0.05, 0) is 25.3 Å². The average Bonchev–Trinajstić information content (AvgIpc) is 2.34. The molecular weight excluding hydrogens is 224 g/mol. The van der Waals surface area contributed by atoms with Crippen LogP contribution in [-0.2, 0) is 6.42 Å². The molecule has 17 heavy (non-hydrogen) atoms. The van der Waals surface area contributed by atoms with Crippen LogP contribution in [-0.4, -0.2) is 30.2 Å². The Morgan fingerprint density at radius 3 is 2.47 bits per heavy atom. The Labute approximate surface area is 101 Å². The molecule has 1 aromatic rings. The van der Waals surface area contributed by atoms with Crippen LogP contribution in [0.25, 0.3) is 0 Å². The van der Waals surface area contributed by atoms with Gasteiger partial charge in [-0.2, -0.15) is 0 Å². The standard InChI is InChI=1S/C13H19F2NO/c1-10(16-9-12(17)13(14)15)7-8-11-5-3-2-4-6-11/h2-6,10,12-13,16-17H,7-9H2,1H3. The van der Waals surface area contributed by atoms with Gasteiger partial charge in [-0.15, -0.1) is 0 Å². The molecule has 0 fully saturated rings. The molecule has 4 heteroatoms. The van der Waals surface area contributed by atoms with Crippen molar-refractivity contribution in [2.24, 2.45) is 0 Å². The molecule has 0 aliphatic carbocycles. The van der Waals surface area contributed by atoms with Crippen LogP contribution in [0.3, 0.4) is 0 Å². The molecule has 1 aromatic carbocycles. The van der Waals surface area contributed by atoms with Crippen LogP contribution in [0.5, 0.6) is 0 Å². The smallest absolute Gasteiger partial charge is 0.265 e. The highest BCUT2D eigenvalue weighted by Gasteiger charge is 2.16. The second kappa shape index (κ2) is 7.35. The first-order valence-electron chi connectivity index (χ1n) is 5.83. The number of aliphatic hydroxyl groups excluding tert-OH is 1. The molecule has 0 spiro atoms. The summed E-state index contributed by atoms with van der Waals surface area (Å²) < 4.78 is 24.1. The van der Waals surface area contributed by atoms with Gasteiger partial charge in [0.15, 0.2) is 0 Å². The van der Waals surface area contributed by atoms with Crippen LogP contribution in [0.4, 0.5) is 8.78 Å². The van der Waals surface area contributed by atoms with Gasteiger partial charge in [0.1, 0.15) is 6.10 Å². The topological polar surface area (TPSA) is 32.3 Å². The fraction of sp³-hybridized carbons (Fsp3) is 0.538. The molecule has 0 bridgehead atoms. The Bertz CT molecular complexity index is 306. The van der Waals surface area contributed by atoms with E-state index in [-0.39, 0.29) is 12.6 Å². The third-order valence-electron chi connectivity index (χ3n) is 2.68. The predicted molar refractivity (Wildman–Crippen MR) is 64.2 cm³/mol. The Morgan fingerprint density at radius 1 is 1.24 bits per heavy atom. The molecular formula is C13H19F2NO. The van der Waals surface area contributed by atoms with E-state index in [2.05, 4.69) is 5.32 Å². The second-order valence-electron chi connectivity index (χ2n) is 4.24. The van der Waals surface area contributed by atoms with Crippen LogP contribution < -0.4 is 5.32 Å². The van der Waals surface area contributed by atoms with Crippen LogP contribution >= 0.6 is 0 Å². The maximum Gasteiger partial charge on any atom is 0.265 e. The summed E-state index contributed by atoms with van der Waals surface area (Å²) in [5, 5.41) is 11.9. The summed E-state index contributed by atoms with van der Waals surface area (Å²) >= 11 is 0. The van der Waals surface area contributed by atoms with E-state index in [4.69, 9.17) is 5.11 Å². The first kappa shape index (κ1) is 14.1. The molecule has 0 saturated heterocycles. The van der Waals surface area contributed by atoms with Crippen LogP contribution in [0.2, 0.25) is 0 Å². The lowest BCUT2D eigenvalue weighted by molar-refractivity contribution is -0.00445. The van der Waals surface area contributed by atoms with Gasteiger partial charge in [0.05, 0.1) is 0 Å². The number of aliphatic hydroxyl groups is 1. The molecule has 0 saturated carbocycles. The van der Waals surface area contributed by atoms with Crippen molar-refractivity contribution in [3.8, 4) is 0 Å². The average molecular weight is 243 g/mol. The summed E-state index contributed by atoms with van der Waals surface area (Å²) in [6.45, 7) is 1.87. The summed E-state index contributed by atoms with van der Waals surface area (Å²) in [6, 6.07) is 10.1. The highest BCUT2D eigenvalue weighted by Crippen LogP contribution is 2.05. The quantitative estimate of drug-likeness (QED) is 0.769. The third kappa shape index (κ3) is 5.75. The monoisotopic (exact) mass is 243 g/mol. The van der Waals surface area contributed by atoms with Crippen molar-refractivity contribution >= 4 is 0 Å². The number of hydrogen-bond donors (Lipinski definition) is 2. The predicted octanol–water partition coefficient (Wildman–Crippen LogP) is 2.22. The number of alkyl halides is 2. The number of hydrogen-bond acceptors (Lipinski definition) is 2. The van der Waals surface area contributed by atoms with E-state index in [1.165, 1.54) is 5.56 Å². The highest BCUT2D eigenvalue weighted by atomic mass is 19.3. The lowest BCUT2D eigenvalue weighted by Gasteiger charge is -2.16. The summed E-state index contributed by atoms with van der Waals surface area (Å²) in [4.78, 5) is 0. The number of halogens is 2. The molecule has 0 aliphatic heterocycles. The van der Waals surface area contributed by atoms with E-state index >= 15 is 0 Å². The molecule has 2 atom stereocenters. The molecule has 0 aromatic heterocycles. The summed E-state index contributed by atoms with van der Waals surface area (Å²) in [5.41, 5.74) is 1.23. The van der Waals surface area contributed by atoms with Gasteiger partial charge < -0.3 is 10.4 Å². The van der Waals surface area contributed by atoms with Crippen LogP contribution in [0.1, 0.15) is 18.9 Å². The van der Waals surface area contributed by atoms with E-state index in [0.717, 1.165) is 12.8 Å². The van der Waals surface area contributed by atoms with Crippen molar-refractivity contribution < 1.29 is 13.9 Å². The van der Waals surface area contributed by atoms with Crippen molar-refractivity contribution in [1.82, 2.24) is 5.32 Å². The summed E-state index contributed by atoms with van der Waals surface area (Å²) in [5.74, 6) is 0. The minimum Gasteiger partial charge on any atom is -0.386 e. The first-order valence-corrected chi connectivity index (χ1v) is 5.83. The molecule has 2 unspecified atom stereocenters. The van der Waals surface area contributed by atoms with Crippen LogP contribution in [0, 0.1) is 0 Å². The van der Waals surface area contributed by atoms with Crippen molar-refractivity contribution in [2.75, 3.05) is 6.54 Å². The number of rotatable bonds is 7. The van der Waals surface area contributed by atoms with Gasteiger partial charge in [-0.1, -0.05) is 30.3 Å². The Hall–Kier alpha value is -1.00. The first-order chi connectivity index (χ1) is 8.09.